The van der Waals surface area contributed by atoms with Crippen molar-refractivity contribution in [1.82, 2.24) is 10.2 Å². The van der Waals surface area contributed by atoms with Gasteiger partial charge in [-0.1, -0.05) is 41.9 Å². The van der Waals surface area contributed by atoms with Crippen molar-refractivity contribution in [3.8, 4) is 0 Å². The van der Waals surface area contributed by atoms with E-state index in [0.29, 0.717) is 23.8 Å². The van der Waals surface area contributed by atoms with E-state index in [1.165, 1.54) is 0 Å². The molecular formula is C18H19ClN2O2. The van der Waals surface area contributed by atoms with Gasteiger partial charge in [0.05, 0.1) is 13.2 Å². The number of halogens is 1. The average molecular weight is 331 g/mol. The number of amides is 1. The summed E-state index contributed by atoms with van der Waals surface area (Å²) in [6.45, 7) is 2.90. The molecule has 4 nitrogen and oxygen atoms in total. The molecule has 2 aromatic rings. The van der Waals surface area contributed by atoms with Gasteiger partial charge in [-0.15, -0.1) is 0 Å². The van der Waals surface area contributed by atoms with Crippen LogP contribution in [0, 0.1) is 0 Å². The number of morpholine rings is 1. The van der Waals surface area contributed by atoms with E-state index in [4.69, 9.17) is 16.3 Å². The van der Waals surface area contributed by atoms with Gasteiger partial charge in [0, 0.05) is 23.7 Å². The van der Waals surface area contributed by atoms with E-state index in [1.807, 2.05) is 54.6 Å². The molecule has 1 aliphatic rings. The van der Waals surface area contributed by atoms with Gasteiger partial charge in [0.15, 0.2) is 0 Å². The Morgan fingerprint density at radius 2 is 1.70 bits per heavy atom. The zero-order valence-electron chi connectivity index (χ0n) is 12.7. The van der Waals surface area contributed by atoms with Crippen LogP contribution in [0.1, 0.15) is 22.1 Å². The number of ether oxygens (including phenoxy) is 1. The van der Waals surface area contributed by atoms with Crippen LogP contribution >= 0.6 is 11.6 Å². The van der Waals surface area contributed by atoms with Crippen LogP contribution in [0.4, 0.5) is 0 Å². The molecule has 0 spiro atoms. The number of rotatable bonds is 4. The third-order valence-electron chi connectivity index (χ3n) is 3.90. The van der Waals surface area contributed by atoms with Crippen LogP contribution in [0.2, 0.25) is 5.02 Å². The summed E-state index contributed by atoms with van der Waals surface area (Å²) >= 11 is 5.98. The van der Waals surface area contributed by atoms with Crippen molar-refractivity contribution in [3.63, 3.8) is 0 Å². The normalized spacial score (nSPS) is 16.7. The van der Waals surface area contributed by atoms with Gasteiger partial charge in [0.1, 0.15) is 6.17 Å². The first-order chi connectivity index (χ1) is 11.2. The lowest BCUT2D eigenvalue weighted by molar-refractivity contribution is 0.00847. The first kappa shape index (κ1) is 16.0. The number of hydrogen-bond donors (Lipinski definition) is 1. The number of carbonyl (C=O) groups excluding carboxylic acids is 1. The Kier molecular flexibility index (Phi) is 5.28. The molecule has 1 aliphatic heterocycles. The predicted octanol–water partition coefficient (Wildman–Crippen LogP) is 3.10. The number of carbonyl (C=O) groups is 1. The Morgan fingerprint density at radius 1 is 1.04 bits per heavy atom. The zero-order valence-corrected chi connectivity index (χ0v) is 13.5. The zero-order chi connectivity index (χ0) is 16.1. The number of nitrogens with one attached hydrogen (secondary N) is 1. The second-order valence-electron chi connectivity index (χ2n) is 5.44. The molecule has 1 N–H and O–H groups in total. The fourth-order valence-electron chi connectivity index (χ4n) is 2.66. The Balaban J connectivity index is 1.82. The second kappa shape index (κ2) is 7.59. The van der Waals surface area contributed by atoms with Gasteiger partial charge >= 0.3 is 0 Å². The summed E-state index contributed by atoms with van der Waals surface area (Å²) in [7, 11) is 0. The molecule has 0 aromatic heterocycles. The molecule has 1 heterocycles. The molecule has 23 heavy (non-hydrogen) atoms. The quantitative estimate of drug-likeness (QED) is 0.936. The lowest BCUT2D eigenvalue weighted by Gasteiger charge is -2.35. The highest BCUT2D eigenvalue weighted by Gasteiger charge is 2.24. The Labute approximate surface area is 141 Å². The highest BCUT2D eigenvalue weighted by Crippen LogP contribution is 2.22. The van der Waals surface area contributed by atoms with Gasteiger partial charge in [-0.25, -0.2) is 0 Å². The highest BCUT2D eigenvalue weighted by molar-refractivity contribution is 6.30. The minimum Gasteiger partial charge on any atom is -0.379 e. The Bertz CT molecular complexity index is 640. The van der Waals surface area contributed by atoms with E-state index in [2.05, 4.69) is 10.2 Å². The van der Waals surface area contributed by atoms with Crippen LogP contribution in [0.25, 0.3) is 0 Å². The molecule has 0 bridgehead atoms. The maximum atomic E-state index is 12.5. The smallest absolute Gasteiger partial charge is 0.252 e. The van der Waals surface area contributed by atoms with Gasteiger partial charge in [-0.3, -0.25) is 9.69 Å². The molecule has 1 saturated heterocycles. The van der Waals surface area contributed by atoms with Crippen LogP contribution in [-0.4, -0.2) is 37.1 Å². The van der Waals surface area contributed by atoms with E-state index in [9.17, 15) is 4.79 Å². The fourth-order valence-corrected chi connectivity index (χ4v) is 2.79. The third kappa shape index (κ3) is 4.10. The summed E-state index contributed by atoms with van der Waals surface area (Å²) < 4.78 is 5.42. The van der Waals surface area contributed by atoms with Gasteiger partial charge in [-0.2, -0.15) is 0 Å². The van der Waals surface area contributed by atoms with Crippen molar-refractivity contribution in [3.05, 3.63) is 70.7 Å². The fraction of sp³-hybridized carbons (Fsp3) is 0.278. The van der Waals surface area contributed by atoms with Crippen LogP contribution < -0.4 is 5.32 Å². The molecule has 120 valence electrons. The molecule has 1 unspecified atom stereocenters. The first-order valence-corrected chi connectivity index (χ1v) is 8.05. The summed E-state index contributed by atoms with van der Waals surface area (Å²) in [6, 6.07) is 16.8. The first-order valence-electron chi connectivity index (χ1n) is 7.67. The summed E-state index contributed by atoms with van der Waals surface area (Å²) in [5.41, 5.74) is 1.67. The van der Waals surface area contributed by atoms with E-state index in [-0.39, 0.29) is 12.1 Å². The molecule has 0 radical (unpaired) electrons. The summed E-state index contributed by atoms with van der Waals surface area (Å²) in [5.74, 6) is -0.0861. The van der Waals surface area contributed by atoms with E-state index in [1.54, 1.807) is 0 Å². The van der Waals surface area contributed by atoms with Crippen molar-refractivity contribution < 1.29 is 9.53 Å². The maximum Gasteiger partial charge on any atom is 0.252 e. The second-order valence-corrected chi connectivity index (χ2v) is 5.88. The van der Waals surface area contributed by atoms with Crippen molar-refractivity contribution >= 4 is 17.5 Å². The van der Waals surface area contributed by atoms with Crippen molar-refractivity contribution in [1.29, 1.82) is 0 Å². The van der Waals surface area contributed by atoms with Crippen LogP contribution in [0.5, 0.6) is 0 Å². The van der Waals surface area contributed by atoms with Crippen molar-refractivity contribution in [2.75, 3.05) is 26.3 Å². The minimum atomic E-state index is -0.191. The standard InChI is InChI=1S/C18H19ClN2O2/c19-16-8-6-14(7-9-16)17(21-10-12-23-13-11-21)20-18(22)15-4-2-1-3-5-15/h1-9,17H,10-13H2,(H,20,22). The van der Waals surface area contributed by atoms with Crippen molar-refractivity contribution in [2.24, 2.45) is 0 Å². The number of hydrogen-bond acceptors (Lipinski definition) is 3. The third-order valence-corrected chi connectivity index (χ3v) is 4.15. The largest absolute Gasteiger partial charge is 0.379 e. The average Bonchev–Trinajstić information content (AvgIpc) is 2.62. The number of nitrogens with zero attached hydrogens (tertiary/aromatic N) is 1. The van der Waals surface area contributed by atoms with Crippen molar-refractivity contribution in [2.45, 2.75) is 6.17 Å². The summed E-state index contributed by atoms with van der Waals surface area (Å²) in [4.78, 5) is 14.8. The molecule has 1 amide bonds. The Hall–Kier alpha value is -1.88. The van der Waals surface area contributed by atoms with E-state index < -0.39 is 0 Å². The van der Waals surface area contributed by atoms with Crippen LogP contribution in [0.15, 0.2) is 54.6 Å². The van der Waals surface area contributed by atoms with Gasteiger partial charge in [0.25, 0.3) is 5.91 Å². The molecule has 0 aliphatic carbocycles. The highest BCUT2D eigenvalue weighted by atomic mass is 35.5. The monoisotopic (exact) mass is 330 g/mol. The predicted molar refractivity (Wildman–Crippen MR) is 90.5 cm³/mol. The molecule has 3 rings (SSSR count). The molecule has 1 atom stereocenters. The summed E-state index contributed by atoms with van der Waals surface area (Å²) in [6.07, 6.45) is -0.191. The molecule has 2 aromatic carbocycles. The van der Waals surface area contributed by atoms with E-state index in [0.717, 1.165) is 18.7 Å². The van der Waals surface area contributed by atoms with Crippen LogP contribution in [-0.2, 0) is 4.74 Å². The topological polar surface area (TPSA) is 41.6 Å². The molecule has 0 saturated carbocycles. The lowest BCUT2D eigenvalue weighted by Crippen LogP contribution is -2.46. The van der Waals surface area contributed by atoms with E-state index >= 15 is 0 Å². The number of benzene rings is 2. The maximum absolute atomic E-state index is 12.5. The Morgan fingerprint density at radius 3 is 2.35 bits per heavy atom. The summed E-state index contributed by atoms with van der Waals surface area (Å²) in [5, 5.41) is 3.81. The molecular weight excluding hydrogens is 312 g/mol. The molecule has 1 fully saturated rings. The minimum absolute atomic E-state index is 0.0861. The SMILES string of the molecule is O=C(NC(c1ccc(Cl)cc1)N1CCOCC1)c1ccccc1. The molecule has 5 heteroatoms. The van der Waals surface area contributed by atoms with Gasteiger partial charge < -0.3 is 10.1 Å². The lowest BCUT2D eigenvalue weighted by atomic mass is 10.1. The van der Waals surface area contributed by atoms with Gasteiger partial charge in [0.2, 0.25) is 0 Å². The van der Waals surface area contributed by atoms with Gasteiger partial charge in [-0.05, 0) is 29.8 Å². The van der Waals surface area contributed by atoms with Crippen LogP contribution in [0.3, 0.4) is 0 Å².